The molecule has 4 rings (SSSR count). The molecule has 5 nitrogen and oxygen atoms in total. The van der Waals surface area contributed by atoms with Gasteiger partial charge in [-0.25, -0.2) is 9.67 Å². The molecule has 27 heavy (non-hydrogen) atoms. The van der Waals surface area contributed by atoms with Crippen molar-refractivity contribution in [2.45, 2.75) is 13.1 Å². The summed E-state index contributed by atoms with van der Waals surface area (Å²) < 4.78 is 7.24. The minimum Gasteiger partial charge on any atom is -0.497 e. The van der Waals surface area contributed by atoms with Gasteiger partial charge in [0.15, 0.2) is 5.13 Å². The number of hydrogen-bond acceptors (Lipinski definition) is 5. The SMILES string of the molecule is COc1cccc(CN(Cc2cccc(-n3cccn3)c2)c2nccs2)c1. The van der Waals surface area contributed by atoms with Crippen LogP contribution in [0.15, 0.2) is 78.6 Å². The second-order valence-electron chi connectivity index (χ2n) is 6.14. The Kier molecular flexibility index (Phi) is 5.16. The van der Waals surface area contributed by atoms with Gasteiger partial charge in [-0.15, -0.1) is 11.3 Å². The number of rotatable bonds is 7. The maximum atomic E-state index is 5.36. The summed E-state index contributed by atoms with van der Waals surface area (Å²) in [5, 5.41) is 7.33. The standard InChI is InChI=1S/C21H20N4OS/c1-26-20-8-3-6-18(14-20)16-24(21-22-10-12-27-21)15-17-5-2-7-19(13-17)25-11-4-9-23-25/h2-14H,15-16H2,1H3. The molecule has 0 fully saturated rings. The molecule has 0 amide bonds. The number of ether oxygens (including phenoxy) is 1. The molecule has 0 radical (unpaired) electrons. The summed E-state index contributed by atoms with van der Waals surface area (Å²) >= 11 is 1.65. The van der Waals surface area contributed by atoms with Gasteiger partial charge in [0, 0.05) is 37.1 Å². The summed E-state index contributed by atoms with van der Waals surface area (Å²) in [5.41, 5.74) is 3.45. The van der Waals surface area contributed by atoms with Crippen LogP contribution in [-0.2, 0) is 13.1 Å². The summed E-state index contributed by atoms with van der Waals surface area (Å²) in [7, 11) is 1.69. The molecular weight excluding hydrogens is 356 g/mol. The van der Waals surface area contributed by atoms with Gasteiger partial charge in [-0.1, -0.05) is 24.3 Å². The minimum absolute atomic E-state index is 0.761. The zero-order valence-electron chi connectivity index (χ0n) is 15.0. The highest BCUT2D eigenvalue weighted by atomic mass is 32.1. The lowest BCUT2D eigenvalue weighted by Gasteiger charge is -2.22. The quantitative estimate of drug-likeness (QED) is 0.475. The minimum atomic E-state index is 0.761. The van der Waals surface area contributed by atoms with Gasteiger partial charge in [0.2, 0.25) is 0 Å². The average molecular weight is 376 g/mol. The van der Waals surface area contributed by atoms with Crippen molar-refractivity contribution >= 4 is 16.5 Å². The van der Waals surface area contributed by atoms with E-state index in [1.165, 1.54) is 11.1 Å². The molecule has 4 aromatic rings. The second kappa shape index (κ2) is 8.05. The van der Waals surface area contributed by atoms with Crippen LogP contribution in [0.25, 0.3) is 5.69 Å². The normalized spacial score (nSPS) is 10.7. The maximum Gasteiger partial charge on any atom is 0.185 e. The van der Waals surface area contributed by atoms with Crippen LogP contribution in [0.3, 0.4) is 0 Å². The molecule has 2 aromatic carbocycles. The topological polar surface area (TPSA) is 43.2 Å². The Labute approximate surface area is 162 Å². The lowest BCUT2D eigenvalue weighted by atomic mass is 10.1. The van der Waals surface area contributed by atoms with Gasteiger partial charge < -0.3 is 9.64 Å². The third-order valence-corrected chi connectivity index (χ3v) is 5.08. The van der Waals surface area contributed by atoms with Crippen molar-refractivity contribution < 1.29 is 4.74 Å². The van der Waals surface area contributed by atoms with Crippen molar-refractivity contribution in [3.63, 3.8) is 0 Å². The maximum absolute atomic E-state index is 5.36. The molecule has 0 spiro atoms. The first-order valence-electron chi connectivity index (χ1n) is 8.68. The molecule has 6 heteroatoms. The van der Waals surface area contributed by atoms with Gasteiger partial charge in [-0.3, -0.25) is 0 Å². The predicted molar refractivity (Wildman–Crippen MR) is 109 cm³/mol. The molecule has 136 valence electrons. The van der Waals surface area contributed by atoms with Crippen LogP contribution in [0.4, 0.5) is 5.13 Å². The van der Waals surface area contributed by atoms with Crippen LogP contribution < -0.4 is 9.64 Å². The number of hydrogen-bond donors (Lipinski definition) is 0. The van der Waals surface area contributed by atoms with E-state index in [0.717, 1.165) is 29.7 Å². The first-order valence-corrected chi connectivity index (χ1v) is 9.56. The van der Waals surface area contributed by atoms with Crippen LogP contribution in [0.2, 0.25) is 0 Å². The number of nitrogens with zero attached hydrogens (tertiary/aromatic N) is 4. The number of thiazole rings is 1. The molecule has 2 heterocycles. The highest BCUT2D eigenvalue weighted by Gasteiger charge is 2.12. The fourth-order valence-corrected chi connectivity index (χ4v) is 3.64. The van der Waals surface area contributed by atoms with E-state index in [9.17, 15) is 0 Å². The molecular formula is C21H20N4OS. The fraction of sp³-hybridized carbons (Fsp3) is 0.143. The second-order valence-corrected chi connectivity index (χ2v) is 7.02. The van der Waals surface area contributed by atoms with Crippen molar-refractivity contribution in [3.8, 4) is 11.4 Å². The highest BCUT2D eigenvalue weighted by molar-refractivity contribution is 7.13. The van der Waals surface area contributed by atoms with E-state index in [1.807, 2.05) is 40.7 Å². The van der Waals surface area contributed by atoms with E-state index in [4.69, 9.17) is 4.74 Å². The third-order valence-electron chi connectivity index (χ3n) is 4.25. The third kappa shape index (κ3) is 4.17. The van der Waals surface area contributed by atoms with Crippen molar-refractivity contribution in [1.82, 2.24) is 14.8 Å². The van der Waals surface area contributed by atoms with Crippen LogP contribution in [-0.4, -0.2) is 21.9 Å². The first kappa shape index (κ1) is 17.3. The van der Waals surface area contributed by atoms with Crippen molar-refractivity contribution in [2.24, 2.45) is 0 Å². The highest BCUT2D eigenvalue weighted by Crippen LogP contribution is 2.24. The summed E-state index contributed by atoms with van der Waals surface area (Å²) in [6.07, 6.45) is 5.59. The van der Waals surface area contributed by atoms with E-state index in [1.54, 1.807) is 24.6 Å². The monoisotopic (exact) mass is 376 g/mol. The van der Waals surface area contributed by atoms with Gasteiger partial charge in [-0.2, -0.15) is 5.10 Å². The van der Waals surface area contributed by atoms with Gasteiger partial charge in [0.1, 0.15) is 5.75 Å². The molecule has 0 aliphatic rings. The van der Waals surface area contributed by atoms with E-state index < -0.39 is 0 Å². The molecule has 2 aromatic heterocycles. The number of aromatic nitrogens is 3. The van der Waals surface area contributed by atoms with Crippen molar-refractivity contribution in [1.29, 1.82) is 0 Å². The molecule has 0 aliphatic heterocycles. The summed E-state index contributed by atoms with van der Waals surface area (Å²) in [6, 6.07) is 18.5. The van der Waals surface area contributed by atoms with Crippen molar-refractivity contribution in [3.05, 3.63) is 89.7 Å². The number of methoxy groups -OCH3 is 1. The van der Waals surface area contributed by atoms with Gasteiger partial charge in [-0.05, 0) is 41.5 Å². The van der Waals surface area contributed by atoms with E-state index in [-0.39, 0.29) is 0 Å². The van der Waals surface area contributed by atoms with Crippen molar-refractivity contribution in [2.75, 3.05) is 12.0 Å². The summed E-state index contributed by atoms with van der Waals surface area (Å²) in [5.74, 6) is 0.868. The Hall–Kier alpha value is -3.12. The molecule has 0 atom stereocenters. The van der Waals surface area contributed by atoms with Gasteiger partial charge >= 0.3 is 0 Å². The Bertz CT molecular complexity index is 983. The Morgan fingerprint density at radius 2 is 1.81 bits per heavy atom. The number of benzene rings is 2. The van der Waals surface area contributed by atoms with E-state index >= 15 is 0 Å². The average Bonchev–Trinajstić information content (AvgIpc) is 3.42. The number of anilines is 1. The van der Waals surface area contributed by atoms with Crippen LogP contribution in [0.5, 0.6) is 5.75 Å². The van der Waals surface area contributed by atoms with Crippen LogP contribution in [0.1, 0.15) is 11.1 Å². The molecule has 0 N–H and O–H groups in total. The molecule has 0 saturated heterocycles. The summed E-state index contributed by atoms with van der Waals surface area (Å²) in [6.45, 7) is 1.52. The van der Waals surface area contributed by atoms with E-state index in [2.05, 4.69) is 51.4 Å². The van der Waals surface area contributed by atoms with Gasteiger partial charge in [0.05, 0.1) is 12.8 Å². The van der Waals surface area contributed by atoms with Crippen LogP contribution in [0, 0.1) is 0 Å². The Balaban J connectivity index is 1.59. The van der Waals surface area contributed by atoms with Gasteiger partial charge in [0.25, 0.3) is 0 Å². The molecule has 0 saturated carbocycles. The smallest absolute Gasteiger partial charge is 0.185 e. The Morgan fingerprint density at radius 3 is 2.52 bits per heavy atom. The first-order chi connectivity index (χ1) is 13.3. The largest absolute Gasteiger partial charge is 0.497 e. The lowest BCUT2D eigenvalue weighted by Crippen LogP contribution is -2.22. The lowest BCUT2D eigenvalue weighted by molar-refractivity contribution is 0.414. The summed E-state index contributed by atoms with van der Waals surface area (Å²) in [4.78, 5) is 6.80. The molecule has 0 bridgehead atoms. The Morgan fingerprint density at radius 1 is 1.00 bits per heavy atom. The predicted octanol–water partition coefficient (Wildman–Crippen LogP) is 4.54. The molecule has 0 unspecified atom stereocenters. The zero-order valence-corrected chi connectivity index (χ0v) is 15.8. The van der Waals surface area contributed by atoms with Crippen LogP contribution >= 0.6 is 11.3 Å². The van der Waals surface area contributed by atoms with E-state index in [0.29, 0.717) is 0 Å². The zero-order chi connectivity index (χ0) is 18.5. The molecule has 0 aliphatic carbocycles. The fourth-order valence-electron chi connectivity index (χ4n) is 2.99.